The van der Waals surface area contributed by atoms with Gasteiger partial charge in [0, 0.05) is 22.5 Å². The lowest BCUT2D eigenvalue weighted by Gasteiger charge is -2.37. The third-order valence-corrected chi connectivity index (χ3v) is 8.44. The van der Waals surface area contributed by atoms with E-state index >= 15 is 0 Å². The monoisotopic (exact) mass is 553 g/mol. The molecule has 5 nitrogen and oxygen atoms in total. The molecule has 6 heteroatoms. The Bertz CT molecular complexity index is 1170. The number of rotatable bonds is 7. The van der Waals surface area contributed by atoms with Crippen LogP contribution in [0.4, 0.5) is 0 Å². The Hall–Kier alpha value is -2.15. The van der Waals surface area contributed by atoms with Gasteiger partial charge in [-0.1, -0.05) is 59.8 Å². The largest absolute Gasteiger partial charge is 0.462 e. The standard InChI is InChI=1S/C29H37NO4.C4H10S/c1-6-34-28(33)20-13-11-19(12-14-20)27(32)25-23(18-9-7-8-10-18)24-21(30-26(25)17(2)3)15-29(4,5)16-22(24)31;1-4(2)5-3/h9,11-14,17,22,27,31-32H,6-8,10,15-16H2,1-5H3;4H,1-3H3/t22?,27-;/m0./s1. The number of allylic oxidation sites excluding steroid dienone is 2. The van der Waals surface area contributed by atoms with Crippen LogP contribution in [-0.4, -0.2) is 39.3 Å². The molecule has 0 saturated carbocycles. The molecule has 0 aliphatic heterocycles. The smallest absolute Gasteiger partial charge is 0.338 e. The molecule has 1 aromatic carbocycles. The summed E-state index contributed by atoms with van der Waals surface area (Å²) in [5.41, 5.74) is 6.87. The van der Waals surface area contributed by atoms with E-state index in [1.54, 1.807) is 31.2 Å². The summed E-state index contributed by atoms with van der Waals surface area (Å²) >= 11 is 1.88. The Morgan fingerprint density at radius 2 is 1.82 bits per heavy atom. The highest BCUT2D eigenvalue weighted by atomic mass is 32.2. The molecule has 1 unspecified atom stereocenters. The minimum atomic E-state index is -0.912. The van der Waals surface area contributed by atoms with Gasteiger partial charge in [-0.2, -0.15) is 11.8 Å². The molecule has 4 rings (SSSR count). The molecule has 1 heterocycles. The number of hydrogen-bond donors (Lipinski definition) is 2. The highest BCUT2D eigenvalue weighted by Crippen LogP contribution is 2.48. The summed E-state index contributed by atoms with van der Waals surface area (Å²) in [6.07, 6.45) is 7.36. The molecule has 2 aromatic rings. The van der Waals surface area contributed by atoms with Crippen LogP contribution in [0.1, 0.15) is 136 Å². The highest BCUT2D eigenvalue weighted by Gasteiger charge is 2.38. The maximum Gasteiger partial charge on any atom is 0.338 e. The number of aromatic nitrogens is 1. The maximum absolute atomic E-state index is 12.1. The van der Waals surface area contributed by atoms with Crippen molar-refractivity contribution in [3.05, 3.63) is 69.5 Å². The number of aliphatic hydroxyl groups is 2. The van der Waals surface area contributed by atoms with Crippen molar-refractivity contribution in [3.8, 4) is 0 Å². The average Bonchev–Trinajstić information content (AvgIpc) is 3.41. The number of nitrogens with zero attached hydrogens (tertiary/aromatic N) is 1. The molecular weight excluding hydrogens is 506 g/mol. The number of carbonyl (C=O) groups excluding carboxylic acids is 1. The van der Waals surface area contributed by atoms with Gasteiger partial charge in [0.1, 0.15) is 6.10 Å². The zero-order valence-electron chi connectivity index (χ0n) is 25.0. The number of hydrogen-bond acceptors (Lipinski definition) is 6. The Morgan fingerprint density at radius 1 is 1.18 bits per heavy atom. The lowest BCUT2D eigenvalue weighted by molar-refractivity contribution is 0.0526. The Kier molecular flexibility index (Phi) is 10.8. The van der Waals surface area contributed by atoms with Crippen LogP contribution in [0.15, 0.2) is 30.3 Å². The SMILES string of the molecule is CCOC(=O)c1ccc([C@H](O)c2c(C(C)C)nc3c(c2C2=CCCC2)C(O)CC(C)(C)C3)cc1.CSC(C)C. The van der Waals surface area contributed by atoms with E-state index in [2.05, 4.69) is 53.9 Å². The van der Waals surface area contributed by atoms with Crippen molar-refractivity contribution in [3.63, 3.8) is 0 Å². The fourth-order valence-electron chi connectivity index (χ4n) is 5.47. The van der Waals surface area contributed by atoms with E-state index in [1.165, 1.54) is 5.57 Å². The van der Waals surface area contributed by atoms with Crippen molar-refractivity contribution in [2.24, 2.45) is 5.41 Å². The zero-order valence-corrected chi connectivity index (χ0v) is 25.8. The molecule has 0 saturated heterocycles. The summed E-state index contributed by atoms with van der Waals surface area (Å²) < 4.78 is 5.09. The molecule has 39 heavy (non-hydrogen) atoms. The molecule has 0 spiro atoms. The first kappa shape index (κ1) is 31.4. The Labute approximate surface area is 239 Å². The second kappa shape index (κ2) is 13.5. The van der Waals surface area contributed by atoms with E-state index in [0.29, 0.717) is 24.2 Å². The first-order valence-electron chi connectivity index (χ1n) is 14.3. The molecular formula is C33H47NO4S. The lowest BCUT2D eigenvalue weighted by Crippen LogP contribution is -2.29. The van der Waals surface area contributed by atoms with Gasteiger partial charge in [-0.05, 0) is 90.7 Å². The van der Waals surface area contributed by atoms with Crippen LogP contribution >= 0.6 is 11.8 Å². The average molecular weight is 554 g/mol. The van der Waals surface area contributed by atoms with Crippen molar-refractivity contribution in [1.29, 1.82) is 0 Å². The van der Waals surface area contributed by atoms with E-state index in [1.807, 2.05) is 11.8 Å². The number of aliphatic hydroxyl groups excluding tert-OH is 2. The predicted octanol–water partition coefficient (Wildman–Crippen LogP) is 7.79. The van der Waals surface area contributed by atoms with E-state index < -0.39 is 12.2 Å². The second-order valence-electron chi connectivity index (χ2n) is 12.0. The van der Waals surface area contributed by atoms with Crippen molar-refractivity contribution in [2.75, 3.05) is 12.9 Å². The van der Waals surface area contributed by atoms with Crippen LogP contribution in [0.2, 0.25) is 0 Å². The van der Waals surface area contributed by atoms with Gasteiger partial charge >= 0.3 is 5.97 Å². The lowest BCUT2D eigenvalue weighted by atomic mass is 9.71. The fraction of sp³-hybridized carbons (Fsp3) is 0.576. The molecule has 2 N–H and O–H groups in total. The number of ether oxygens (including phenoxy) is 1. The molecule has 2 aliphatic rings. The van der Waals surface area contributed by atoms with Gasteiger partial charge < -0.3 is 14.9 Å². The molecule has 214 valence electrons. The van der Waals surface area contributed by atoms with Crippen LogP contribution in [-0.2, 0) is 11.2 Å². The van der Waals surface area contributed by atoms with E-state index in [4.69, 9.17) is 9.72 Å². The van der Waals surface area contributed by atoms with Crippen LogP contribution < -0.4 is 0 Å². The summed E-state index contributed by atoms with van der Waals surface area (Å²) in [4.78, 5) is 17.2. The van der Waals surface area contributed by atoms with Gasteiger partial charge in [-0.15, -0.1) is 0 Å². The number of carbonyl (C=O) groups is 1. The molecule has 0 radical (unpaired) electrons. The number of esters is 1. The highest BCUT2D eigenvalue weighted by molar-refractivity contribution is 7.99. The van der Waals surface area contributed by atoms with Crippen molar-refractivity contribution >= 4 is 23.3 Å². The Morgan fingerprint density at radius 3 is 2.33 bits per heavy atom. The first-order chi connectivity index (χ1) is 18.4. The van der Waals surface area contributed by atoms with Gasteiger partial charge in [0.15, 0.2) is 0 Å². The predicted molar refractivity (Wildman–Crippen MR) is 162 cm³/mol. The summed E-state index contributed by atoms with van der Waals surface area (Å²) in [6, 6.07) is 6.96. The maximum atomic E-state index is 12.1. The first-order valence-corrected chi connectivity index (χ1v) is 15.6. The van der Waals surface area contributed by atoms with Crippen LogP contribution in [0.25, 0.3) is 5.57 Å². The van der Waals surface area contributed by atoms with Crippen LogP contribution in [0.5, 0.6) is 0 Å². The van der Waals surface area contributed by atoms with Gasteiger partial charge in [-0.25, -0.2) is 4.79 Å². The molecule has 2 atom stereocenters. The second-order valence-corrected chi connectivity index (χ2v) is 13.4. The molecule has 0 amide bonds. The molecule has 1 aromatic heterocycles. The zero-order chi connectivity index (χ0) is 28.9. The van der Waals surface area contributed by atoms with E-state index in [9.17, 15) is 15.0 Å². The molecule has 2 aliphatic carbocycles. The van der Waals surface area contributed by atoms with Gasteiger partial charge in [0.05, 0.1) is 18.3 Å². The Balaban J connectivity index is 0.000000771. The number of pyridine rings is 1. The van der Waals surface area contributed by atoms with Crippen LogP contribution in [0, 0.1) is 5.41 Å². The molecule has 0 fully saturated rings. The quantitative estimate of drug-likeness (QED) is 0.341. The minimum absolute atomic E-state index is 0.0297. The normalized spacial score (nSPS) is 18.8. The van der Waals surface area contributed by atoms with E-state index in [0.717, 1.165) is 59.0 Å². The van der Waals surface area contributed by atoms with Crippen molar-refractivity contribution < 1.29 is 19.7 Å². The minimum Gasteiger partial charge on any atom is -0.462 e. The van der Waals surface area contributed by atoms with Gasteiger partial charge in [0.25, 0.3) is 0 Å². The molecule has 0 bridgehead atoms. The third-order valence-electron chi connectivity index (χ3n) is 7.50. The van der Waals surface area contributed by atoms with Crippen molar-refractivity contribution in [2.45, 2.75) is 104 Å². The number of benzene rings is 1. The van der Waals surface area contributed by atoms with E-state index in [-0.39, 0.29) is 17.3 Å². The topological polar surface area (TPSA) is 79.7 Å². The summed E-state index contributed by atoms with van der Waals surface area (Å²) in [6.45, 7) is 15.0. The fourth-order valence-corrected chi connectivity index (χ4v) is 5.47. The van der Waals surface area contributed by atoms with Gasteiger partial charge in [-0.3, -0.25) is 4.98 Å². The third kappa shape index (κ3) is 7.53. The number of thioether (sulfide) groups is 1. The summed E-state index contributed by atoms with van der Waals surface area (Å²) in [5.74, 6) is -0.263. The van der Waals surface area contributed by atoms with Gasteiger partial charge in [0.2, 0.25) is 0 Å². The van der Waals surface area contributed by atoms with Crippen LogP contribution in [0.3, 0.4) is 0 Å². The number of fused-ring (bicyclic) bond motifs is 1. The van der Waals surface area contributed by atoms with Crippen molar-refractivity contribution in [1.82, 2.24) is 4.98 Å². The summed E-state index contributed by atoms with van der Waals surface area (Å²) in [7, 11) is 0. The summed E-state index contributed by atoms with van der Waals surface area (Å²) in [5, 5.41) is 23.8.